The van der Waals surface area contributed by atoms with Gasteiger partial charge in [-0.2, -0.15) is 0 Å². The number of pyridine rings is 1. The number of phenolic OH excluding ortho intramolecular Hbond substituents is 1. The van der Waals surface area contributed by atoms with Gasteiger partial charge in [-0.25, -0.2) is 0 Å². The molecule has 0 saturated heterocycles. The lowest BCUT2D eigenvalue weighted by molar-refractivity contribution is 0.304. The number of aromatic nitrogens is 1. The molecule has 0 spiro atoms. The number of ether oxygens (including phenoxy) is 1. The molecule has 3 nitrogen and oxygen atoms in total. The van der Waals surface area contributed by atoms with Gasteiger partial charge >= 0.3 is 0 Å². The first-order chi connectivity index (χ1) is 7.75. The highest BCUT2D eigenvalue weighted by Crippen LogP contribution is 2.17. The Morgan fingerprint density at radius 1 is 1.31 bits per heavy atom. The third-order valence-corrected chi connectivity index (χ3v) is 2.35. The molecule has 0 unspecified atom stereocenters. The number of hydrogen-bond acceptors (Lipinski definition) is 3. The topological polar surface area (TPSA) is 42.4 Å². The van der Waals surface area contributed by atoms with Crippen LogP contribution in [-0.4, -0.2) is 10.1 Å². The Morgan fingerprint density at radius 2 is 2.19 bits per heavy atom. The molecule has 16 heavy (non-hydrogen) atoms. The van der Waals surface area contributed by atoms with Crippen LogP contribution in [0.5, 0.6) is 11.5 Å². The van der Waals surface area contributed by atoms with E-state index in [1.165, 1.54) is 0 Å². The summed E-state index contributed by atoms with van der Waals surface area (Å²) in [6.45, 7) is 2.43. The van der Waals surface area contributed by atoms with Crippen molar-refractivity contribution in [2.75, 3.05) is 0 Å². The van der Waals surface area contributed by atoms with Gasteiger partial charge in [0, 0.05) is 6.20 Å². The zero-order chi connectivity index (χ0) is 11.4. The van der Waals surface area contributed by atoms with Crippen LogP contribution in [0.3, 0.4) is 0 Å². The van der Waals surface area contributed by atoms with Crippen molar-refractivity contribution in [3.05, 3.63) is 53.9 Å². The predicted molar refractivity (Wildman–Crippen MR) is 61.4 cm³/mol. The quantitative estimate of drug-likeness (QED) is 0.855. The molecular formula is C13H13NO2. The van der Waals surface area contributed by atoms with Gasteiger partial charge in [-0.1, -0.05) is 6.07 Å². The highest BCUT2D eigenvalue weighted by Gasteiger charge is 2.00. The van der Waals surface area contributed by atoms with E-state index in [0.717, 1.165) is 16.9 Å². The highest BCUT2D eigenvalue weighted by atomic mass is 16.5. The number of aryl methyl sites for hydroxylation is 1. The number of benzene rings is 1. The Hall–Kier alpha value is -2.03. The second-order valence-electron chi connectivity index (χ2n) is 3.59. The Bertz CT molecular complexity index is 469. The molecule has 0 aliphatic heterocycles. The molecular weight excluding hydrogens is 202 g/mol. The summed E-state index contributed by atoms with van der Waals surface area (Å²) >= 11 is 0. The summed E-state index contributed by atoms with van der Waals surface area (Å²) in [6.07, 6.45) is 3.38. The summed E-state index contributed by atoms with van der Waals surface area (Å²) in [6, 6.07) is 8.94. The molecule has 1 aromatic heterocycles. The summed E-state index contributed by atoms with van der Waals surface area (Å²) in [5.74, 6) is 1.03. The molecule has 0 fully saturated rings. The molecule has 2 rings (SSSR count). The zero-order valence-corrected chi connectivity index (χ0v) is 9.05. The molecule has 1 N–H and O–H groups in total. The van der Waals surface area contributed by atoms with Crippen molar-refractivity contribution in [2.24, 2.45) is 0 Å². The first-order valence-electron chi connectivity index (χ1n) is 5.07. The molecule has 0 bridgehead atoms. The van der Waals surface area contributed by atoms with E-state index in [4.69, 9.17) is 4.74 Å². The van der Waals surface area contributed by atoms with Gasteiger partial charge in [0.25, 0.3) is 0 Å². The van der Waals surface area contributed by atoms with Crippen LogP contribution in [0.1, 0.15) is 11.1 Å². The van der Waals surface area contributed by atoms with E-state index in [1.54, 1.807) is 24.5 Å². The van der Waals surface area contributed by atoms with Crippen LogP contribution in [0.4, 0.5) is 0 Å². The van der Waals surface area contributed by atoms with E-state index in [-0.39, 0.29) is 5.75 Å². The van der Waals surface area contributed by atoms with Gasteiger partial charge in [-0.05, 0) is 42.3 Å². The molecule has 0 radical (unpaired) electrons. The molecule has 0 aliphatic carbocycles. The fraction of sp³-hybridized carbons (Fsp3) is 0.154. The van der Waals surface area contributed by atoms with Crippen molar-refractivity contribution < 1.29 is 9.84 Å². The zero-order valence-electron chi connectivity index (χ0n) is 9.05. The van der Waals surface area contributed by atoms with E-state index in [1.807, 2.05) is 25.1 Å². The lowest BCUT2D eigenvalue weighted by Gasteiger charge is -2.08. The van der Waals surface area contributed by atoms with Crippen molar-refractivity contribution in [1.82, 2.24) is 4.98 Å². The second kappa shape index (κ2) is 4.66. The van der Waals surface area contributed by atoms with E-state index >= 15 is 0 Å². The largest absolute Gasteiger partial charge is 0.508 e. The lowest BCUT2D eigenvalue weighted by atomic mass is 10.1. The molecule has 0 amide bonds. The molecule has 0 aliphatic rings. The average Bonchev–Trinajstić information content (AvgIpc) is 2.29. The molecule has 0 saturated carbocycles. The molecule has 3 heteroatoms. The number of nitrogens with zero attached hydrogens (tertiary/aromatic N) is 1. The fourth-order valence-electron chi connectivity index (χ4n) is 1.44. The van der Waals surface area contributed by atoms with Crippen molar-refractivity contribution in [1.29, 1.82) is 0 Å². The van der Waals surface area contributed by atoms with Crippen LogP contribution < -0.4 is 4.74 Å². The van der Waals surface area contributed by atoms with Gasteiger partial charge in [0.1, 0.15) is 18.1 Å². The monoisotopic (exact) mass is 215 g/mol. The van der Waals surface area contributed by atoms with Crippen LogP contribution in [0.15, 0.2) is 42.7 Å². The summed E-state index contributed by atoms with van der Waals surface area (Å²) in [7, 11) is 0. The highest BCUT2D eigenvalue weighted by molar-refractivity contribution is 5.33. The number of phenols is 1. The van der Waals surface area contributed by atoms with Crippen molar-refractivity contribution in [3.63, 3.8) is 0 Å². The first kappa shape index (κ1) is 10.5. The second-order valence-corrected chi connectivity index (χ2v) is 3.59. The van der Waals surface area contributed by atoms with E-state index in [0.29, 0.717) is 6.61 Å². The fourth-order valence-corrected chi connectivity index (χ4v) is 1.44. The van der Waals surface area contributed by atoms with Gasteiger partial charge in [0.2, 0.25) is 0 Å². The Kier molecular flexibility index (Phi) is 3.05. The lowest BCUT2D eigenvalue weighted by Crippen LogP contribution is -1.97. The van der Waals surface area contributed by atoms with Gasteiger partial charge in [0.15, 0.2) is 0 Å². The van der Waals surface area contributed by atoms with E-state index < -0.39 is 0 Å². The van der Waals surface area contributed by atoms with Crippen molar-refractivity contribution in [3.8, 4) is 11.5 Å². The summed E-state index contributed by atoms with van der Waals surface area (Å²) in [5, 5.41) is 9.27. The van der Waals surface area contributed by atoms with Crippen LogP contribution >= 0.6 is 0 Å². The molecule has 1 heterocycles. The smallest absolute Gasteiger partial charge is 0.138 e. The molecule has 82 valence electrons. The first-order valence-corrected chi connectivity index (χ1v) is 5.07. The molecule has 1 aromatic carbocycles. The summed E-state index contributed by atoms with van der Waals surface area (Å²) < 4.78 is 5.57. The molecule has 2 aromatic rings. The Morgan fingerprint density at radius 3 is 2.88 bits per heavy atom. The predicted octanol–water partition coefficient (Wildman–Crippen LogP) is 2.67. The third kappa shape index (κ3) is 2.51. The van der Waals surface area contributed by atoms with Crippen LogP contribution in [0, 0.1) is 6.92 Å². The van der Waals surface area contributed by atoms with Gasteiger partial charge in [-0.15, -0.1) is 0 Å². The number of hydrogen-bond donors (Lipinski definition) is 1. The maximum Gasteiger partial charge on any atom is 0.138 e. The standard InChI is InChI=1S/C13H13NO2/c1-10-7-12(15)5-4-11(10)9-16-13-3-2-6-14-8-13/h2-8,15H,9H2,1H3. The summed E-state index contributed by atoms with van der Waals surface area (Å²) in [4.78, 5) is 3.97. The minimum Gasteiger partial charge on any atom is -0.508 e. The Labute approximate surface area is 94.3 Å². The van der Waals surface area contributed by atoms with Crippen LogP contribution in [-0.2, 0) is 6.61 Å². The average molecular weight is 215 g/mol. The van der Waals surface area contributed by atoms with Gasteiger partial charge < -0.3 is 9.84 Å². The molecule has 0 atom stereocenters. The van der Waals surface area contributed by atoms with Crippen molar-refractivity contribution in [2.45, 2.75) is 13.5 Å². The Balaban J connectivity index is 2.05. The maximum absolute atomic E-state index is 9.27. The maximum atomic E-state index is 9.27. The van der Waals surface area contributed by atoms with Gasteiger partial charge in [-0.3, -0.25) is 4.98 Å². The van der Waals surface area contributed by atoms with Crippen molar-refractivity contribution >= 4 is 0 Å². The number of rotatable bonds is 3. The minimum absolute atomic E-state index is 0.280. The normalized spacial score (nSPS) is 10.1. The minimum atomic E-state index is 0.280. The SMILES string of the molecule is Cc1cc(O)ccc1COc1cccnc1. The third-order valence-electron chi connectivity index (χ3n) is 2.35. The summed E-state index contributed by atoms with van der Waals surface area (Å²) in [5.41, 5.74) is 2.07. The van der Waals surface area contributed by atoms with Crippen LogP contribution in [0.25, 0.3) is 0 Å². The van der Waals surface area contributed by atoms with Gasteiger partial charge in [0.05, 0.1) is 6.20 Å². The van der Waals surface area contributed by atoms with E-state index in [2.05, 4.69) is 4.98 Å². The van der Waals surface area contributed by atoms with E-state index in [9.17, 15) is 5.11 Å². The number of aromatic hydroxyl groups is 1. The van der Waals surface area contributed by atoms with Crippen LogP contribution in [0.2, 0.25) is 0 Å².